The molecule has 3 aromatic rings. The molecule has 120 valence electrons. The van der Waals surface area contributed by atoms with Crippen molar-refractivity contribution >= 4 is 16.9 Å². The highest BCUT2D eigenvalue weighted by Crippen LogP contribution is 2.30. The van der Waals surface area contributed by atoms with Gasteiger partial charge in [0.1, 0.15) is 23.4 Å². The topological polar surface area (TPSA) is 76.1 Å². The Hall–Kier alpha value is -2.48. The smallest absolute Gasteiger partial charge is 0.263 e. The molecule has 23 heavy (non-hydrogen) atoms. The molecule has 0 aromatic carbocycles. The lowest BCUT2D eigenvalue weighted by atomic mass is 10.1. The minimum atomic E-state index is 0.217. The standard InChI is InChI=1S/C15H19N7O/c1-10-12-14(17-9-18-15(12)23-19-10)22-7-6-20(2)11(8-22)13-16-4-5-21(13)3/h4-5,9,11H,6-8H2,1-3H3. The first-order valence-electron chi connectivity index (χ1n) is 7.64. The van der Waals surface area contributed by atoms with E-state index in [1.54, 1.807) is 0 Å². The number of imidazole rings is 1. The van der Waals surface area contributed by atoms with Gasteiger partial charge in [-0.15, -0.1) is 0 Å². The number of aromatic nitrogens is 5. The number of piperazine rings is 1. The summed E-state index contributed by atoms with van der Waals surface area (Å²) in [4.78, 5) is 17.8. The number of fused-ring (bicyclic) bond motifs is 1. The summed E-state index contributed by atoms with van der Waals surface area (Å²) in [6, 6.07) is 0.217. The van der Waals surface area contributed by atoms with E-state index in [0.29, 0.717) is 5.71 Å². The molecule has 0 N–H and O–H groups in total. The van der Waals surface area contributed by atoms with Crippen LogP contribution in [-0.2, 0) is 7.05 Å². The summed E-state index contributed by atoms with van der Waals surface area (Å²) in [5, 5.41) is 4.92. The summed E-state index contributed by atoms with van der Waals surface area (Å²) >= 11 is 0. The fourth-order valence-electron chi connectivity index (χ4n) is 3.19. The van der Waals surface area contributed by atoms with Crippen LogP contribution in [0.5, 0.6) is 0 Å². The maximum absolute atomic E-state index is 5.26. The SMILES string of the molecule is Cc1noc2ncnc(N3CCN(C)C(c4nccn4C)C3)c12. The number of hydrogen-bond donors (Lipinski definition) is 0. The van der Waals surface area contributed by atoms with Crippen LogP contribution in [0.15, 0.2) is 23.2 Å². The highest BCUT2D eigenvalue weighted by atomic mass is 16.5. The summed E-state index contributed by atoms with van der Waals surface area (Å²) in [5.41, 5.74) is 1.36. The van der Waals surface area contributed by atoms with E-state index >= 15 is 0 Å². The molecule has 0 radical (unpaired) electrons. The van der Waals surface area contributed by atoms with E-state index < -0.39 is 0 Å². The zero-order valence-corrected chi connectivity index (χ0v) is 13.5. The van der Waals surface area contributed by atoms with Crippen LogP contribution in [0.2, 0.25) is 0 Å². The van der Waals surface area contributed by atoms with Gasteiger partial charge in [-0.2, -0.15) is 4.98 Å². The molecule has 1 fully saturated rings. The number of hydrogen-bond acceptors (Lipinski definition) is 7. The highest BCUT2D eigenvalue weighted by molar-refractivity contribution is 5.87. The van der Waals surface area contributed by atoms with E-state index in [-0.39, 0.29) is 6.04 Å². The largest absolute Gasteiger partial charge is 0.353 e. The number of rotatable bonds is 2. The highest BCUT2D eigenvalue weighted by Gasteiger charge is 2.30. The minimum Gasteiger partial charge on any atom is -0.353 e. The van der Waals surface area contributed by atoms with Gasteiger partial charge in [0.05, 0.1) is 11.7 Å². The van der Waals surface area contributed by atoms with Crippen LogP contribution < -0.4 is 4.90 Å². The molecule has 0 spiro atoms. The lowest BCUT2D eigenvalue weighted by molar-refractivity contribution is 0.209. The molecule has 0 aliphatic carbocycles. The predicted molar refractivity (Wildman–Crippen MR) is 85.1 cm³/mol. The van der Waals surface area contributed by atoms with Gasteiger partial charge in [0.15, 0.2) is 0 Å². The Kier molecular flexibility index (Phi) is 3.26. The van der Waals surface area contributed by atoms with Gasteiger partial charge in [-0.3, -0.25) is 4.90 Å². The number of likely N-dealkylation sites (N-methyl/N-ethyl adjacent to an activating group) is 1. The third-order valence-electron chi connectivity index (χ3n) is 4.53. The van der Waals surface area contributed by atoms with Crippen LogP contribution >= 0.6 is 0 Å². The molecule has 4 heterocycles. The third kappa shape index (κ3) is 2.26. The molecule has 0 bridgehead atoms. The molecule has 1 aliphatic rings. The molecule has 8 heteroatoms. The first-order chi connectivity index (χ1) is 11.1. The molecule has 4 rings (SSSR count). The summed E-state index contributed by atoms with van der Waals surface area (Å²) in [5.74, 6) is 1.95. The van der Waals surface area contributed by atoms with Gasteiger partial charge in [-0.05, 0) is 14.0 Å². The van der Waals surface area contributed by atoms with E-state index in [9.17, 15) is 0 Å². The van der Waals surface area contributed by atoms with Crippen molar-refractivity contribution in [3.8, 4) is 0 Å². The predicted octanol–water partition coefficient (Wildman–Crippen LogP) is 1.15. The van der Waals surface area contributed by atoms with Gasteiger partial charge >= 0.3 is 0 Å². The van der Waals surface area contributed by atoms with Gasteiger partial charge in [-0.25, -0.2) is 9.97 Å². The van der Waals surface area contributed by atoms with Crippen LogP contribution in [0.3, 0.4) is 0 Å². The van der Waals surface area contributed by atoms with Gasteiger partial charge in [0, 0.05) is 39.1 Å². The average molecular weight is 313 g/mol. The van der Waals surface area contributed by atoms with E-state index in [0.717, 1.165) is 42.4 Å². The Balaban J connectivity index is 1.72. The van der Waals surface area contributed by atoms with Crippen molar-refractivity contribution in [2.45, 2.75) is 13.0 Å². The molecule has 3 aromatic heterocycles. The number of aryl methyl sites for hydroxylation is 2. The van der Waals surface area contributed by atoms with Crippen molar-refractivity contribution in [2.75, 3.05) is 31.6 Å². The zero-order valence-electron chi connectivity index (χ0n) is 13.5. The Morgan fingerprint density at radius 2 is 2.04 bits per heavy atom. The van der Waals surface area contributed by atoms with Crippen molar-refractivity contribution in [3.63, 3.8) is 0 Å². The van der Waals surface area contributed by atoms with Crippen LogP contribution in [-0.4, -0.2) is 56.3 Å². The van der Waals surface area contributed by atoms with Crippen molar-refractivity contribution in [2.24, 2.45) is 7.05 Å². The molecule has 1 aliphatic heterocycles. The van der Waals surface area contributed by atoms with Crippen molar-refractivity contribution in [1.29, 1.82) is 0 Å². The van der Waals surface area contributed by atoms with E-state index in [1.807, 2.05) is 26.4 Å². The lowest BCUT2D eigenvalue weighted by Gasteiger charge is -2.39. The Morgan fingerprint density at radius 3 is 2.83 bits per heavy atom. The summed E-state index contributed by atoms with van der Waals surface area (Å²) in [6.45, 7) is 4.57. The van der Waals surface area contributed by atoms with Gasteiger partial charge < -0.3 is 14.0 Å². The fourth-order valence-corrected chi connectivity index (χ4v) is 3.19. The van der Waals surface area contributed by atoms with Gasteiger partial charge in [0.2, 0.25) is 0 Å². The summed E-state index contributed by atoms with van der Waals surface area (Å²) in [7, 11) is 4.17. The quantitative estimate of drug-likeness (QED) is 0.702. The fraction of sp³-hybridized carbons (Fsp3) is 0.467. The molecular formula is C15H19N7O. The molecule has 0 saturated carbocycles. The maximum atomic E-state index is 5.26. The Bertz CT molecular complexity index is 839. The molecule has 1 saturated heterocycles. The first kappa shape index (κ1) is 14.1. The maximum Gasteiger partial charge on any atom is 0.263 e. The number of anilines is 1. The molecular weight excluding hydrogens is 294 g/mol. The van der Waals surface area contributed by atoms with Crippen LogP contribution in [0.4, 0.5) is 5.82 Å². The Morgan fingerprint density at radius 1 is 1.17 bits per heavy atom. The molecule has 1 atom stereocenters. The molecule has 8 nitrogen and oxygen atoms in total. The van der Waals surface area contributed by atoms with Crippen LogP contribution in [0.1, 0.15) is 17.6 Å². The number of nitrogens with zero attached hydrogens (tertiary/aromatic N) is 7. The van der Waals surface area contributed by atoms with Crippen LogP contribution in [0.25, 0.3) is 11.1 Å². The average Bonchev–Trinajstić information content (AvgIpc) is 3.14. The lowest BCUT2D eigenvalue weighted by Crippen LogP contribution is -2.47. The van der Waals surface area contributed by atoms with Crippen molar-refractivity contribution < 1.29 is 4.52 Å². The molecule has 1 unspecified atom stereocenters. The second-order valence-electron chi connectivity index (χ2n) is 5.98. The summed E-state index contributed by atoms with van der Waals surface area (Å²) < 4.78 is 7.34. The van der Waals surface area contributed by atoms with Gasteiger partial charge in [-0.1, -0.05) is 5.16 Å². The van der Waals surface area contributed by atoms with E-state index in [1.165, 1.54) is 6.33 Å². The van der Waals surface area contributed by atoms with Gasteiger partial charge in [0.25, 0.3) is 5.71 Å². The zero-order chi connectivity index (χ0) is 16.0. The third-order valence-corrected chi connectivity index (χ3v) is 4.53. The van der Waals surface area contributed by atoms with Crippen LogP contribution in [0, 0.1) is 6.92 Å². The second kappa shape index (κ2) is 5.31. The Labute approximate surface area is 133 Å². The molecule has 0 amide bonds. The van der Waals surface area contributed by atoms with E-state index in [2.05, 4.69) is 41.5 Å². The normalized spacial score (nSPS) is 19.6. The second-order valence-corrected chi connectivity index (χ2v) is 5.98. The van der Waals surface area contributed by atoms with Crippen molar-refractivity contribution in [1.82, 2.24) is 29.6 Å². The monoisotopic (exact) mass is 313 g/mol. The summed E-state index contributed by atoms with van der Waals surface area (Å²) in [6.07, 6.45) is 5.36. The van der Waals surface area contributed by atoms with Crippen molar-refractivity contribution in [3.05, 3.63) is 30.2 Å². The van der Waals surface area contributed by atoms with E-state index in [4.69, 9.17) is 4.52 Å². The minimum absolute atomic E-state index is 0.217. The first-order valence-corrected chi connectivity index (χ1v) is 7.64.